The van der Waals surface area contributed by atoms with Crippen LogP contribution >= 0.6 is 0 Å². The standard InChI is InChI=1S/C24H27N3O6S/c1-24(2)13-17(28)14-27(22(24)23(29)26-30)34(31,32)19-9-7-18(8-10-19)33-15-21-20-6-4-3-5-16(20)11-12-25-21/h3-12,17,22,28,30H,13-15H2,1-2H3,(H,26,29)/t17-,22+/m1/s1. The van der Waals surface area contributed by atoms with Gasteiger partial charge in [-0.15, -0.1) is 0 Å². The molecule has 1 saturated heterocycles. The molecule has 2 aromatic carbocycles. The highest BCUT2D eigenvalue weighted by Gasteiger charge is 2.50. The number of amides is 1. The molecule has 1 aliphatic rings. The van der Waals surface area contributed by atoms with Crippen molar-refractivity contribution in [3.05, 3.63) is 66.5 Å². The van der Waals surface area contributed by atoms with E-state index in [9.17, 15) is 23.5 Å². The molecule has 0 bridgehead atoms. The second-order valence-corrected chi connectivity index (χ2v) is 10.9. The highest BCUT2D eigenvalue weighted by atomic mass is 32.2. The number of piperidine rings is 1. The van der Waals surface area contributed by atoms with Crippen LogP contribution in [-0.2, 0) is 21.4 Å². The molecule has 2 heterocycles. The molecule has 0 aliphatic carbocycles. The highest BCUT2D eigenvalue weighted by Crippen LogP contribution is 2.38. The lowest BCUT2D eigenvalue weighted by molar-refractivity contribution is -0.140. The summed E-state index contributed by atoms with van der Waals surface area (Å²) in [5.74, 6) is -0.389. The van der Waals surface area contributed by atoms with Gasteiger partial charge in [0.2, 0.25) is 10.0 Å². The Balaban J connectivity index is 1.55. The van der Waals surface area contributed by atoms with Crippen LogP contribution in [0.25, 0.3) is 10.8 Å². The van der Waals surface area contributed by atoms with Crippen molar-refractivity contribution in [2.24, 2.45) is 5.41 Å². The molecular formula is C24H27N3O6S. The monoisotopic (exact) mass is 485 g/mol. The van der Waals surface area contributed by atoms with E-state index in [2.05, 4.69) is 4.98 Å². The van der Waals surface area contributed by atoms with E-state index >= 15 is 0 Å². The van der Waals surface area contributed by atoms with Gasteiger partial charge in [-0.1, -0.05) is 38.1 Å². The topological polar surface area (TPSA) is 129 Å². The second kappa shape index (κ2) is 9.30. The number of aliphatic hydroxyl groups excluding tert-OH is 1. The number of β-amino-alcohol motifs (C(OH)–C–C–N with tert-alkyl or cyclic N) is 1. The maximum Gasteiger partial charge on any atom is 0.262 e. The van der Waals surface area contributed by atoms with E-state index < -0.39 is 33.5 Å². The molecule has 1 aromatic heterocycles. The molecule has 0 spiro atoms. The molecule has 4 rings (SSSR count). The molecule has 0 saturated carbocycles. The van der Waals surface area contributed by atoms with Crippen LogP contribution in [0.2, 0.25) is 0 Å². The first-order valence-electron chi connectivity index (χ1n) is 10.8. The van der Waals surface area contributed by atoms with Gasteiger partial charge in [0.1, 0.15) is 18.4 Å². The quantitative estimate of drug-likeness (QED) is 0.361. The molecule has 180 valence electrons. The number of hydrogen-bond acceptors (Lipinski definition) is 7. The zero-order valence-corrected chi connectivity index (χ0v) is 19.7. The summed E-state index contributed by atoms with van der Waals surface area (Å²) in [7, 11) is -4.15. The number of fused-ring (bicyclic) bond motifs is 1. The molecule has 1 amide bonds. The van der Waals surface area contributed by atoms with Crippen molar-refractivity contribution in [3.63, 3.8) is 0 Å². The molecular weight excluding hydrogens is 458 g/mol. The van der Waals surface area contributed by atoms with Crippen LogP contribution in [0.5, 0.6) is 5.75 Å². The van der Waals surface area contributed by atoms with Gasteiger partial charge in [-0.25, -0.2) is 13.9 Å². The summed E-state index contributed by atoms with van der Waals surface area (Å²) >= 11 is 0. The van der Waals surface area contributed by atoms with Crippen molar-refractivity contribution in [2.45, 2.75) is 43.9 Å². The summed E-state index contributed by atoms with van der Waals surface area (Å²) in [5.41, 5.74) is 1.42. The Morgan fingerprint density at radius 1 is 1.18 bits per heavy atom. The van der Waals surface area contributed by atoms with Crippen LogP contribution in [0, 0.1) is 5.41 Å². The Kier molecular flexibility index (Phi) is 6.59. The smallest absolute Gasteiger partial charge is 0.262 e. The number of aliphatic hydroxyl groups is 1. The first kappa shape index (κ1) is 24.1. The van der Waals surface area contributed by atoms with Crippen molar-refractivity contribution in [1.82, 2.24) is 14.8 Å². The largest absolute Gasteiger partial charge is 0.487 e. The third-order valence-electron chi connectivity index (χ3n) is 6.10. The molecule has 10 heteroatoms. The lowest BCUT2D eigenvalue weighted by Gasteiger charge is -2.45. The van der Waals surface area contributed by atoms with Crippen LogP contribution in [0.15, 0.2) is 65.7 Å². The maximum atomic E-state index is 13.4. The first-order chi connectivity index (χ1) is 16.1. The first-order valence-corrected chi connectivity index (χ1v) is 12.3. The van der Waals surface area contributed by atoms with Crippen LogP contribution in [0.4, 0.5) is 0 Å². The summed E-state index contributed by atoms with van der Waals surface area (Å²) in [6.07, 6.45) is 0.985. The predicted octanol–water partition coefficient (Wildman–Crippen LogP) is 2.47. The van der Waals surface area contributed by atoms with Gasteiger partial charge in [0, 0.05) is 18.1 Å². The zero-order chi connectivity index (χ0) is 24.5. The summed E-state index contributed by atoms with van der Waals surface area (Å²) in [5, 5.41) is 21.5. The van der Waals surface area contributed by atoms with Crippen molar-refractivity contribution in [2.75, 3.05) is 6.54 Å². The van der Waals surface area contributed by atoms with Gasteiger partial charge in [-0.05, 0) is 47.6 Å². The normalized spacial score (nSPS) is 20.7. The molecule has 0 unspecified atom stereocenters. The van der Waals surface area contributed by atoms with Gasteiger partial charge >= 0.3 is 0 Å². The van der Waals surface area contributed by atoms with Crippen molar-refractivity contribution in [3.8, 4) is 5.75 Å². The Morgan fingerprint density at radius 3 is 2.59 bits per heavy atom. The number of hydroxylamine groups is 1. The number of carbonyl (C=O) groups is 1. The summed E-state index contributed by atoms with van der Waals surface area (Å²) < 4.78 is 33.6. The summed E-state index contributed by atoms with van der Waals surface area (Å²) in [4.78, 5) is 16.7. The van der Waals surface area contributed by atoms with E-state index in [1.807, 2.05) is 30.3 Å². The van der Waals surface area contributed by atoms with Crippen molar-refractivity contribution in [1.29, 1.82) is 0 Å². The van der Waals surface area contributed by atoms with E-state index in [4.69, 9.17) is 4.74 Å². The number of nitrogens with zero attached hydrogens (tertiary/aromatic N) is 2. The minimum Gasteiger partial charge on any atom is -0.487 e. The van der Waals surface area contributed by atoms with Gasteiger partial charge in [0.15, 0.2) is 0 Å². The third kappa shape index (κ3) is 4.62. The molecule has 9 nitrogen and oxygen atoms in total. The molecule has 2 atom stereocenters. The third-order valence-corrected chi connectivity index (χ3v) is 7.95. The van der Waals surface area contributed by atoms with Gasteiger partial charge < -0.3 is 9.84 Å². The maximum absolute atomic E-state index is 13.4. The van der Waals surface area contributed by atoms with Gasteiger partial charge in [0.05, 0.1) is 16.7 Å². The molecule has 3 aromatic rings. The average Bonchev–Trinajstić information content (AvgIpc) is 2.81. The average molecular weight is 486 g/mol. The molecule has 3 N–H and O–H groups in total. The second-order valence-electron chi connectivity index (χ2n) is 9.04. The SMILES string of the molecule is CC1(C)C[C@@H](O)CN(S(=O)(=O)c2ccc(OCc3nccc4ccccc34)cc2)[C@H]1C(=O)NO. The number of hydrogen-bond donors (Lipinski definition) is 3. The lowest BCUT2D eigenvalue weighted by Crippen LogP contribution is -2.62. The minimum atomic E-state index is -4.15. The Labute approximate surface area is 198 Å². The highest BCUT2D eigenvalue weighted by molar-refractivity contribution is 7.89. The fourth-order valence-corrected chi connectivity index (χ4v) is 6.34. The number of carbonyl (C=O) groups excluding carboxylic acids is 1. The Bertz CT molecular complexity index is 1290. The van der Waals surface area contributed by atoms with Crippen LogP contribution < -0.4 is 10.2 Å². The predicted molar refractivity (Wildman–Crippen MR) is 125 cm³/mol. The van der Waals surface area contributed by atoms with Crippen LogP contribution in [0.1, 0.15) is 26.0 Å². The summed E-state index contributed by atoms with van der Waals surface area (Å²) in [6.45, 7) is 3.31. The zero-order valence-electron chi connectivity index (χ0n) is 18.9. The number of sulfonamides is 1. The van der Waals surface area contributed by atoms with E-state index in [1.54, 1.807) is 25.5 Å². The number of benzene rings is 2. The minimum absolute atomic E-state index is 0.0521. The molecule has 1 fully saturated rings. The van der Waals surface area contributed by atoms with Gasteiger partial charge in [-0.3, -0.25) is 15.0 Å². The van der Waals surface area contributed by atoms with Crippen molar-refractivity contribution >= 4 is 26.7 Å². The van der Waals surface area contributed by atoms with Gasteiger partial charge in [0.25, 0.3) is 5.91 Å². The van der Waals surface area contributed by atoms with Gasteiger partial charge in [-0.2, -0.15) is 4.31 Å². The number of rotatable bonds is 6. The fourth-order valence-electron chi connectivity index (χ4n) is 4.56. The van der Waals surface area contributed by atoms with E-state index in [0.29, 0.717) is 5.75 Å². The molecule has 34 heavy (non-hydrogen) atoms. The fraction of sp³-hybridized carbons (Fsp3) is 0.333. The molecule has 0 radical (unpaired) electrons. The van der Waals surface area contributed by atoms with Crippen LogP contribution in [0.3, 0.4) is 0 Å². The van der Waals surface area contributed by atoms with Crippen molar-refractivity contribution < 1.29 is 28.3 Å². The van der Waals surface area contributed by atoms with Crippen LogP contribution in [-0.4, -0.2) is 52.6 Å². The molecule has 1 aliphatic heterocycles. The Hall–Kier alpha value is -3.05. The van der Waals surface area contributed by atoms with E-state index in [-0.39, 0.29) is 24.5 Å². The number of nitrogens with one attached hydrogen (secondary N) is 1. The number of pyridine rings is 1. The number of aromatic nitrogens is 1. The summed E-state index contributed by atoms with van der Waals surface area (Å²) in [6, 6.07) is 14.4. The van der Waals surface area contributed by atoms with E-state index in [0.717, 1.165) is 20.8 Å². The van der Waals surface area contributed by atoms with E-state index in [1.165, 1.54) is 24.3 Å². The Morgan fingerprint density at radius 2 is 1.88 bits per heavy atom. The number of ether oxygens (including phenoxy) is 1. The lowest BCUT2D eigenvalue weighted by atomic mass is 9.76.